The van der Waals surface area contributed by atoms with Gasteiger partial charge in [-0.05, 0) is 42.1 Å². The highest BCUT2D eigenvalue weighted by molar-refractivity contribution is 5.70. The number of hydrogen-bond acceptors (Lipinski definition) is 6. The molecule has 2 rings (SSSR count). The van der Waals surface area contributed by atoms with Crippen molar-refractivity contribution in [2.45, 2.75) is 90.6 Å². The lowest BCUT2D eigenvalue weighted by molar-refractivity contribution is -0.157. The van der Waals surface area contributed by atoms with E-state index < -0.39 is 36.8 Å². The van der Waals surface area contributed by atoms with Crippen molar-refractivity contribution in [2.24, 2.45) is 23.2 Å². The SMILES string of the molecule is C[C@@H]1C=CC2=C[C@@H](O)C[C@H](OC(=O)CC(C)(C)C)[C@@H]2[C@H]1CC[C@@H](O)C[C@@H](O)CC(=O)O. The van der Waals surface area contributed by atoms with E-state index in [9.17, 15) is 24.9 Å². The summed E-state index contributed by atoms with van der Waals surface area (Å²) in [5.41, 5.74) is 0.763. The highest BCUT2D eigenvalue weighted by Gasteiger charge is 2.42. The first-order valence-electron chi connectivity index (χ1n) is 11.2. The zero-order chi connectivity index (χ0) is 23.3. The molecule has 4 N–H and O–H groups in total. The van der Waals surface area contributed by atoms with E-state index >= 15 is 0 Å². The Hall–Kier alpha value is -1.70. The Labute approximate surface area is 184 Å². The molecule has 0 aromatic rings. The van der Waals surface area contributed by atoms with Gasteiger partial charge >= 0.3 is 11.9 Å². The third-order valence-corrected chi connectivity index (χ3v) is 6.12. The van der Waals surface area contributed by atoms with Crippen LogP contribution in [0.15, 0.2) is 23.8 Å². The van der Waals surface area contributed by atoms with E-state index in [1.54, 1.807) is 0 Å². The van der Waals surface area contributed by atoms with Crippen molar-refractivity contribution in [1.29, 1.82) is 0 Å². The van der Waals surface area contributed by atoms with Crippen LogP contribution in [0.25, 0.3) is 0 Å². The second-order valence-corrected chi connectivity index (χ2v) is 10.4. The minimum Gasteiger partial charge on any atom is -0.481 e. The molecule has 2 aliphatic rings. The average Bonchev–Trinajstić information content (AvgIpc) is 2.58. The van der Waals surface area contributed by atoms with Gasteiger partial charge in [-0.15, -0.1) is 0 Å². The van der Waals surface area contributed by atoms with Gasteiger partial charge in [-0.2, -0.15) is 0 Å². The van der Waals surface area contributed by atoms with Crippen LogP contribution in [0.5, 0.6) is 0 Å². The first-order valence-corrected chi connectivity index (χ1v) is 11.2. The Morgan fingerprint density at radius 3 is 2.52 bits per heavy atom. The molecular weight excluding hydrogens is 400 g/mol. The third kappa shape index (κ3) is 8.05. The lowest BCUT2D eigenvalue weighted by Gasteiger charge is -2.43. The van der Waals surface area contributed by atoms with Crippen molar-refractivity contribution >= 4 is 11.9 Å². The molecule has 7 nitrogen and oxygen atoms in total. The Balaban J connectivity index is 2.09. The Morgan fingerprint density at radius 1 is 1.23 bits per heavy atom. The van der Waals surface area contributed by atoms with Crippen LogP contribution in [0.3, 0.4) is 0 Å². The molecule has 7 atom stereocenters. The minimum atomic E-state index is -1.10. The maximum absolute atomic E-state index is 12.5. The molecule has 0 amide bonds. The van der Waals surface area contributed by atoms with Crippen LogP contribution in [-0.4, -0.2) is 56.8 Å². The van der Waals surface area contributed by atoms with Crippen LogP contribution >= 0.6 is 0 Å². The summed E-state index contributed by atoms with van der Waals surface area (Å²) in [5.74, 6) is -1.15. The number of ether oxygens (including phenoxy) is 1. The number of carbonyl (C=O) groups is 2. The van der Waals surface area contributed by atoms with Gasteiger partial charge in [0.15, 0.2) is 0 Å². The first-order chi connectivity index (χ1) is 14.4. The second-order valence-electron chi connectivity index (χ2n) is 10.4. The molecule has 0 bridgehead atoms. The molecule has 176 valence electrons. The fourth-order valence-corrected chi connectivity index (χ4v) is 4.73. The minimum absolute atomic E-state index is 0.0132. The number of carboxylic acid groups (broad SMARTS) is 1. The zero-order valence-electron chi connectivity index (χ0n) is 19.0. The Morgan fingerprint density at radius 2 is 1.90 bits per heavy atom. The highest BCUT2D eigenvalue weighted by Crippen LogP contribution is 2.44. The number of fused-ring (bicyclic) bond motifs is 1. The fraction of sp³-hybridized carbons (Fsp3) is 0.750. The summed E-state index contributed by atoms with van der Waals surface area (Å²) in [6.45, 7) is 8.01. The summed E-state index contributed by atoms with van der Waals surface area (Å²) in [6, 6.07) is 0. The van der Waals surface area contributed by atoms with Crippen molar-refractivity contribution < 1.29 is 34.8 Å². The van der Waals surface area contributed by atoms with E-state index in [0.717, 1.165) is 5.57 Å². The summed E-state index contributed by atoms with van der Waals surface area (Å²) in [5, 5.41) is 39.2. The molecule has 0 saturated heterocycles. The molecule has 0 radical (unpaired) electrons. The quantitative estimate of drug-likeness (QED) is 0.408. The van der Waals surface area contributed by atoms with Gasteiger partial charge in [0.1, 0.15) is 6.10 Å². The summed E-state index contributed by atoms with van der Waals surface area (Å²) >= 11 is 0. The summed E-state index contributed by atoms with van der Waals surface area (Å²) in [4.78, 5) is 23.2. The maximum Gasteiger partial charge on any atom is 0.306 e. The molecule has 7 heteroatoms. The molecule has 2 aliphatic carbocycles. The van der Waals surface area contributed by atoms with E-state index in [1.807, 2.05) is 32.9 Å². The molecule has 0 aromatic carbocycles. The van der Waals surface area contributed by atoms with Gasteiger partial charge < -0.3 is 25.2 Å². The van der Waals surface area contributed by atoms with Gasteiger partial charge in [0, 0.05) is 12.3 Å². The molecule has 0 aromatic heterocycles. The van der Waals surface area contributed by atoms with E-state index in [0.29, 0.717) is 25.7 Å². The molecule has 0 aliphatic heterocycles. The number of aliphatic carboxylic acids is 1. The number of aliphatic hydroxyl groups is 3. The number of esters is 1. The van der Waals surface area contributed by atoms with Crippen LogP contribution in [0.2, 0.25) is 0 Å². The van der Waals surface area contributed by atoms with Crippen molar-refractivity contribution in [1.82, 2.24) is 0 Å². The summed E-state index contributed by atoms with van der Waals surface area (Å²) < 4.78 is 5.86. The smallest absolute Gasteiger partial charge is 0.306 e. The van der Waals surface area contributed by atoms with Gasteiger partial charge in [-0.3, -0.25) is 9.59 Å². The molecule has 0 fully saturated rings. The van der Waals surface area contributed by atoms with Gasteiger partial charge in [0.25, 0.3) is 0 Å². The van der Waals surface area contributed by atoms with Crippen LogP contribution in [-0.2, 0) is 14.3 Å². The number of aliphatic hydroxyl groups excluding tert-OH is 3. The number of rotatable bonds is 9. The largest absolute Gasteiger partial charge is 0.481 e. The van der Waals surface area contributed by atoms with Crippen molar-refractivity contribution in [2.75, 3.05) is 0 Å². The van der Waals surface area contributed by atoms with Crippen molar-refractivity contribution in [3.05, 3.63) is 23.8 Å². The van der Waals surface area contributed by atoms with Crippen molar-refractivity contribution in [3.63, 3.8) is 0 Å². The number of allylic oxidation sites excluding steroid dienone is 2. The summed E-state index contributed by atoms with van der Waals surface area (Å²) in [7, 11) is 0. The molecular formula is C24H38O7. The third-order valence-electron chi connectivity index (χ3n) is 6.12. The fourth-order valence-electron chi connectivity index (χ4n) is 4.73. The zero-order valence-corrected chi connectivity index (χ0v) is 19.0. The topological polar surface area (TPSA) is 124 Å². The first kappa shape index (κ1) is 25.6. The lowest BCUT2D eigenvalue weighted by Crippen LogP contribution is -2.42. The second kappa shape index (κ2) is 10.7. The van der Waals surface area contributed by atoms with Gasteiger partial charge in [-0.1, -0.05) is 45.9 Å². The normalized spacial score (nSPS) is 30.2. The van der Waals surface area contributed by atoms with E-state index in [4.69, 9.17) is 9.84 Å². The molecule has 31 heavy (non-hydrogen) atoms. The standard InChI is InChI=1S/C24H38O7/c1-14-5-6-15-9-17(26)11-20(31-22(30)13-24(2,3)4)23(15)19(14)8-7-16(25)10-18(27)12-21(28)29/h5-6,9,14,16-20,23,25-27H,7-8,10-13H2,1-4H3,(H,28,29)/t14-,16-,17-,18-,19+,20+,23+/m1/s1. The molecule has 0 heterocycles. The number of hydrogen-bond donors (Lipinski definition) is 4. The van der Waals surface area contributed by atoms with Crippen LogP contribution in [0, 0.1) is 23.2 Å². The number of carbonyl (C=O) groups excluding carboxylic acids is 1. The lowest BCUT2D eigenvalue weighted by atomic mass is 9.66. The van der Waals surface area contributed by atoms with Crippen LogP contribution in [0.4, 0.5) is 0 Å². The van der Waals surface area contributed by atoms with E-state index in [1.165, 1.54) is 0 Å². The van der Waals surface area contributed by atoms with E-state index in [-0.39, 0.29) is 35.6 Å². The van der Waals surface area contributed by atoms with Crippen LogP contribution < -0.4 is 0 Å². The highest BCUT2D eigenvalue weighted by atomic mass is 16.5. The molecule has 0 spiro atoms. The predicted octanol–water partition coefficient (Wildman–Crippen LogP) is 2.83. The monoisotopic (exact) mass is 438 g/mol. The predicted molar refractivity (Wildman–Crippen MR) is 116 cm³/mol. The average molecular weight is 439 g/mol. The van der Waals surface area contributed by atoms with Crippen LogP contribution in [0.1, 0.15) is 66.2 Å². The van der Waals surface area contributed by atoms with Gasteiger partial charge in [-0.25, -0.2) is 0 Å². The van der Waals surface area contributed by atoms with Gasteiger partial charge in [0.2, 0.25) is 0 Å². The van der Waals surface area contributed by atoms with Gasteiger partial charge in [0.05, 0.1) is 31.2 Å². The van der Waals surface area contributed by atoms with Crippen molar-refractivity contribution in [3.8, 4) is 0 Å². The summed E-state index contributed by atoms with van der Waals surface area (Å²) in [6.07, 6.45) is 4.20. The molecule has 0 saturated carbocycles. The van der Waals surface area contributed by atoms with E-state index in [2.05, 4.69) is 13.0 Å². The Kier molecular flexibility index (Phi) is 8.86. The maximum atomic E-state index is 12.5. The number of carboxylic acids is 1. The Bertz CT molecular complexity index is 691. The molecule has 0 unspecified atom stereocenters.